The van der Waals surface area contributed by atoms with Crippen LogP contribution in [0.2, 0.25) is 0 Å². The Morgan fingerprint density at radius 2 is 1.76 bits per heavy atom. The molecular weight excluding hydrogens is 268 g/mol. The van der Waals surface area contributed by atoms with Crippen molar-refractivity contribution in [3.63, 3.8) is 0 Å². The largest absolute Gasteiger partial charge is 0.454 e. The zero-order chi connectivity index (χ0) is 14.2. The van der Waals surface area contributed by atoms with Gasteiger partial charge in [0.25, 0.3) is 0 Å². The number of carbonyl (C=O) groups excluding carboxylic acids is 1. The molecule has 0 saturated heterocycles. The molecule has 0 atom stereocenters. The number of ketones is 1. The minimum Gasteiger partial charge on any atom is -0.454 e. The molecule has 102 valence electrons. The van der Waals surface area contributed by atoms with Crippen LogP contribution in [0, 0.1) is 0 Å². The van der Waals surface area contributed by atoms with Crippen molar-refractivity contribution >= 4 is 16.6 Å². The molecule has 4 rings (SSSR count). The average Bonchev–Trinajstić information content (AvgIpc) is 2.99. The lowest BCUT2D eigenvalue weighted by atomic mass is 10.0. The first-order valence-electron chi connectivity index (χ1n) is 6.46. The Bertz CT molecular complexity index is 847. The lowest BCUT2D eigenvalue weighted by Gasteiger charge is -2.06. The standard InChI is InChI=1S/C16H10N2O3/c19-16(10-1-4-17-5-2-10)15-12-8-14-13(20-9-21-14)7-11(12)3-6-18-15/h1-8H,9H2. The van der Waals surface area contributed by atoms with E-state index < -0.39 is 0 Å². The first kappa shape index (κ1) is 11.8. The highest BCUT2D eigenvalue weighted by molar-refractivity contribution is 6.15. The third-order valence-corrected chi connectivity index (χ3v) is 3.42. The molecule has 2 aromatic heterocycles. The quantitative estimate of drug-likeness (QED) is 0.674. The fraction of sp³-hybridized carbons (Fsp3) is 0.0625. The van der Waals surface area contributed by atoms with Crippen molar-refractivity contribution in [2.75, 3.05) is 6.79 Å². The maximum absolute atomic E-state index is 12.6. The molecule has 5 nitrogen and oxygen atoms in total. The lowest BCUT2D eigenvalue weighted by Crippen LogP contribution is -2.04. The maximum Gasteiger partial charge on any atom is 0.231 e. The highest BCUT2D eigenvalue weighted by atomic mass is 16.7. The maximum atomic E-state index is 12.6. The number of fused-ring (bicyclic) bond motifs is 2. The van der Waals surface area contributed by atoms with Gasteiger partial charge in [0.05, 0.1) is 0 Å². The summed E-state index contributed by atoms with van der Waals surface area (Å²) in [6, 6.07) is 8.87. The summed E-state index contributed by atoms with van der Waals surface area (Å²) in [6.07, 6.45) is 4.80. The molecule has 1 aliphatic heterocycles. The van der Waals surface area contributed by atoms with Gasteiger partial charge in [0.2, 0.25) is 12.6 Å². The molecule has 0 spiro atoms. The van der Waals surface area contributed by atoms with Crippen molar-refractivity contribution in [1.82, 2.24) is 9.97 Å². The Labute approximate surface area is 120 Å². The van der Waals surface area contributed by atoms with E-state index in [4.69, 9.17) is 9.47 Å². The summed E-state index contributed by atoms with van der Waals surface area (Å²) < 4.78 is 10.7. The Balaban J connectivity index is 1.91. The number of hydrogen-bond acceptors (Lipinski definition) is 5. The van der Waals surface area contributed by atoms with Crippen LogP contribution in [0.3, 0.4) is 0 Å². The summed E-state index contributed by atoms with van der Waals surface area (Å²) in [4.78, 5) is 20.8. The number of pyridine rings is 2. The second-order valence-corrected chi connectivity index (χ2v) is 4.65. The molecule has 0 fully saturated rings. The van der Waals surface area contributed by atoms with E-state index >= 15 is 0 Å². The number of benzene rings is 1. The molecule has 1 aliphatic rings. The molecule has 5 heteroatoms. The number of nitrogens with zero attached hydrogens (tertiary/aromatic N) is 2. The molecular formula is C16H10N2O3. The van der Waals surface area contributed by atoms with E-state index in [1.165, 1.54) is 0 Å². The Hall–Kier alpha value is -2.95. The zero-order valence-corrected chi connectivity index (χ0v) is 10.9. The van der Waals surface area contributed by atoms with E-state index in [-0.39, 0.29) is 12.6 Å². The van der Waals surface area contributed by atoms with Gasteiger partial charge in [0.15, 0.2) is 11.5 Å². The van der Waals surface area contributed by atoms with E-state index in [0.29, 0.717) is 22.8 Å². The molecule has 1 aromatic carbocycles. The van der Waals surface area contributed by atoms with Gasteiger partial charge < -0.3 is 9.47 Å². The Morgan fingerprint density at radius 3 is 2.57 bits per heavy atom. The van der Waals surface area contributed by atoms with Crippen LogP contribution in [-0.4, -0.2) is 22.5 Å². The molecule has 0 unspecified atom stereocenters. The van der Waals surface area contributed by atoms with Crippen LogP contribution in [0.5, 0.6) is 11.5 Å². The SMILES string of the molecule is O=C(c1ccncc1)c1nccc2cc3c(cc12)OCO3. The molecule has 21 heavy (non-hydrogen) atoms. The van der Waals surface area contributed by atoms with Gasteiger partial charge in [-0.15, -0.1) is 0 Å². The molecule has 0 aliphatic carbocycles. The lowest BCUT2D eigenvalue weighted by molar-refractivity contribution is 0.103. The van der Waals surface area contributed by atoms with Crippen molar-refractivity contribution in [2.24, 2.45) is 0 Å². The zero-order valence-electron chi connectivity index (χ0n) is 10.9. The summed E-state index contributed by atoms with van der Waals surface area (Å²) >= 11 is 0. The average molecular weight is 278 g/mol. The number of aromatic nitrogens is 2. The molecule has 3 heterocycles. The van der Waals surface area contributed by atoms with Gasteiger partial charge in [0, 0.05) is 29.5 Å². The van der Waals surface area contributed by atoms with Gasteiger partial charge in [-0.05, 0) is 35.7 Å². The summed E-state index contributed by atoms with van der Waals surface area (Å²) in [5.74, 6) is 1.19. The Kier molecular flexibility index (Phi) is 2.57. The summed E-state index contributed by atoms with van der Waals surface area (Å²) in [7, 11) is 0. The van der Waals surface area contributed by atoms with Gasteiger partial charge in [-0.1, -0.05) is 0 Å². The summed E-state index contributed by atoms with van der Waals surface area (Å²) in [5, 5.41) is 1.65. The second kappa shape index (κ2) is 4.56. The minimum absolute atomic E-state index is 0.137. The molecule has 0 saturated carbocycles. The van der Waals surface area contributed by atoms with Crippen LogP contribution in [0.25, 0.3) is 10.8 Å². The number of carbonyl (C=O) groups is 1. The predicted octanol–water partition coefficient (Wildman–Crippen LogP) is 2.59. The van der Waals surface area contributed by atoms with Crippen molar-refractivity contribution in [2.45, 2.75) is 0 Å². The molecule has 0 radical (unpaired) electrons. The first-order valence-corrected chi connectivity index (χ1v) is 6.46. The predicted molar refractivity (Wildman–Crippen MR) is 75.5 cm³/mol. The third kappa shape index (κ3) is 1.90. The van der Waals surface area contributed by atoms with Crippen LogP contribution in [-0.2, 0) is 0 Å². The molecule has 0 amide bonds. The number of rotatable bonds is 2. The monoisotopic (exact) mass is 278 g/mol. The van der Waals surface area contributed by atoms with Gasteiger partial charge >= 0.3 is 0 Å². The molecule has 3 aromatic rings. The normalized spacial score (nSPS) is 12.6. The van der Waals surface area contributed by atoms with Crippen molar-refractivity contribution < 1.29 is 14.3 Å². The van der Waals surface area contributed by atoms with Crippen LogP contribution in [0.4, 0.5) is 0 Å². The number of ether oxygens (including phenoxy) is 2. The van der Waals surface area contributed by atoms with Crippen LogP contribution < -0.4 is 9.47 Å². The van der Waals surface area contributed by atoms with Crippen molar-refractivity contribution in [1.29, 1.82) is 0 Å². The summed E-state index contributed by atoms with van der Waals surface area (Å²) in [5.41, 5.74) is 0.958. The van der Waals surface area contributed by atoms with Gasteiger partial charge in [-0.3, -0.25) is 14.8 Å². The highest BCUT2D eigenvalue weighted by Crippen LogP contribution is 2.36. The van der Waals surface area contributed by atoms with Gasteiger partial charge in [-0.2, -0.15) is 0 Å². The fourth-order valence-corrected chi connectivity index (χ4v) is 2.38. The Morgan fingerprint density at radius 1 is 1.00 bits per heavy atom. The third-order valence-electron chi connectivity index (χ3n) is 3.42. The number of hydrogen-bond donors (Lipinski definition) is 0. The van der Waals surface area contributed by atoms with E-state index in [0.717, 1.165) is 10.8 Å². The summed E-state index contributed by atoms with van der Waals surface area (Å²) in [6.45, 7) is 0.201. The topological polar surface area (TPSA) is 61.3 Å². The van der Waals surface area contributed by atoms with E-state index in [1.807, 2.05) is 12.1 Å². The van der Waals surface area contributed by atoms with E-state index in [2.05, 4.69) is 9.97 Å². The van der Waals surface area contributed by atoms with E-state index in [1.54, 1.807) is 36.8 Å². The second-order valence-electron chi connectivity index (χ2n) is 4.65. The first-order chi connectivity index (χ1) is 10.3. The van der Waals surface area contributed by atoms with E-state index in [9.17, 15) is 4.79 Å². The highest BCUT2D eigenvalue weighted by Gasteiger charge is 2.19. The smallest absolute Gasteiger partial charge is 0.231 e. The fourth-order valence-electron chi connectivity index (χ4n) is 2.38. The van der Waals surface area contributed by atoms with Gasteiger partial charge in [-0.25, -0.2) is 0 Å². The van der Waals surface area contributed by atoms with Crippen molar-refractivity contribution in [3.05, 3.63) is 60.2 Å². The molecule has 0 N–H and O–H groups in total. The molecule has 0 bridgehead atoms. The van der Waals surface area contributed by atoms with Crippen molar-refractivity contribution in [3.8, 4) is 11.5 Å². The van der Waals surface area contributed by atoms with Gasteiger partial charge in [0.1, 0.15) is 5.69 Å². The van der Waals surface area contributed by atoms with Crippen LogP contribution in [0.1, 0.15) is 16.1 Å². The van der Waals surface area contributed by atoms with Crippen LogP contribution >= 0.6 is 0 Å². The van der Waals surface area contributed by atoms with Crippen LogP contribution in [0.15, 0.2) is 48.9 Å². The minimum atomic E-state index is -0.137.